The lowest BCUT2D eigenvalue weighted by Gasteiger charge is -2.16. The summed E-state index contributed by atoms with van der Waals surface area (Å²) < 4.78 is 11.7. The van der Waals surface area contributed by atoms with Crippen molar-refractivity contribution in [2.45, 2.75) is 20.1 Å². The third-order valence-corrected chi connectivity index (χ3v) is 5.42. The van der Waals surface area contributed by atoms with E-state index in [0.29, 0.717) is 49.8 Å². The number of benzene rings is 3. The molecule has 0 unspecified atom stereocenters. The van der Waals surface area contributed by atoms with Crippen LogP contribution >= 0.6 is 58.0 Å². The van der Waals surface area contributed by atoms with Gasteiger partial charge in [0, 0.05) is 37.9 Å². The van der Waals surface area contributed by atoms with Gasteiger partial charge < -0.3 is 14.8 Å². The standard InChI is InChI=1S/C22H18Cl5NO2/c1-2-29-21-6-13(11-28-18-8-16(24)7-17(25)9-18)5-20(27)22(21)30-12-14-3-4-15(23)10-19(14)26/h3-10,28H,2,11-12H2,1H3. The Labute approximate surface area is 200 Å². The first-order valence-corrected chi connectivity index (χ1v) is 11.0. The summed E-state index contributed by atoms with van der Waals surface area (Å²) in [5.74, 6) is 1.01. The molecular weight excluding hydrogens is 488 g/mol. The Balaban J connectivity index is 1.77. The van der Waals surface area contributed by atoms with Crippen molar-refractivity contribution in [2.24, 2.45) is 0 Å². The van der Waals surface area contributed by atoms with Crippen molar-refractivity contribution >= 4 is 63.7 Å². The van der Waals surface area contributed by atoms with Crippen LogP contribution in [0.5, 0.6) is 11.5 Å². The van der Waals surface area contributed by atoms with Crippen molar-refractivity contribution in [2.75, 3.05) is 11.9 Å². The summed E-state index contributed by atoms with van der Waals surface area (Å²) in [7, 11) is 0. The zero-order chi connectivity index (χ0) is 21.7. The Morgan fingerprint density at radius 2 is 1.50 bits per heavy atom. The minimum absolute atomic E-state index is 0.231. The molecule has 8 heteroatoms. The molecule has 3 aromatic rings. The van der Waals surface area contributed by atoms with Gasteiger partial charge in [-0.15, -0.1) is 0 Å². The van der Waals surface area contributed by atoms with E-state index in [1.54, 1.807) is 30.3 Å². The average Bonchev–Trinajstić information content (AvgIpc) is 2.66. The lowest BCUT2D eigenvalue weighted by Crippen LogP contribution is -2.04. The highest BCUT2D eigenvalue weighted by molar-refractivity contribution is 6.35. The average molecular weight is 506 g/mol. The maximum absolute atomic E-state index is 6.50. The fraction of sp³-hybridized carbons (Fsp3) is 0.182. The molecule has 0 saturated carbocycles. The summed E-state index contributed by atoms with van der Waals surface area (Å²) in [6.07, 6.45) is 0. The minimum atomic E-state index is 0.231. The quantitative estimate of drug-likeness (QED) is 0.333. The molecule has 158 valence electrons. The Morgan fingerprint density at radius 3 is 2.17 bits per heavy atom. The molecular formula is C22H18Cl5NO2. The number of rotatable bonds is 8. The highest BCUT2D eigenvalue weighted by Crippen LogP contribution is 2.38. The Kier molecular flexibility index (Phi) is 8.27. The minimum Gasteiger partial charge on any atom is -0.490 e. The van der Waals surface area contributed by atoms with Crippen molar-refractivity contribution in [3.05, 3.63) is 84.8 Å². The number of ether oxygens (including phenoxy) is 2. The van der Waals surface area contributed by atoms with Crippen LogP contribution in [-0.4, -0.2) is 6.61 Å². The smallest absolute Gasteiger partial charge is 0.180 e. The van der Waals surface area contributed by atoms with E-state index in [1.807, 2.05) is 25.1 Å². The maximum Gasteiger partial charge on any atom is 0.180 e. The molecule has 0 atom stereocenters. The number of hydrogen-bond donors (Lipinski definition) is 1. The molecule has 0 aliphatic rings. The molecule has 3 aromatic carbocycles. The van der Waals surface area contributed by atoms with Crippen molar-refractivity contribution in [1.82, 2.24) is 0 Å². The molecule has 0 radical (unpaired) electrons. The second-order valence-electron chi connectivity index (χ2n) is 6.37. The fourth-order valence-corrected chi connectivity index (χ4v) is 4.05. The molecule has 3 rings (SSSR count). The first kappa shape index (κ1) is 23.2. The molecule has 0 spiro atoms. The molecule has 3 nitrogen and oxygen atoms in total. The van der Waals surface area contributed by atoms with Gasteiger partial charge in [0.2, 0.25) is 0 Å². The summed E-state index contributed by atoms with van der Waals surface area (Å²) in [5.41, 5.74) is 2.51. The van der Waals surface area contributed by atoms with Gasteiger partial charge in [-0.1, -0.05) is 64.1 Å². The van der Waals surface area contributed by atoms with Gasteiger partial charge in [-0.3, -0.25) is 0 Å². The topological polar surface area (TPSA) is 30.5 Å². The number of hydrogen-bond acceptors (Lipinski definition) is 3. The third kappa shape index (κ3) is 6.26. The summed E-state index contributed by atoms with van der Waals surface area (Å²) in [6, 6.07) is 14.2. The maximum atomic E-state index is 6.50. The van der Waals surface area contributed by atoms with E-state index in [4.69, 9.17) is 67.5 Å². The van der Waals surface area contributed by atoms with Gasteiger partial charge in [0.25, 0.3) is 0 Å². The molecule has 0 fully saturated rings. The van der Waals surface area contributed by atoms with E-state index in [0.717, 1.165) is 16.8 Å². The normalized spacial score (nSPS) is 10.7. The van der Waals surface area contributed by atoms with E-state index in [9.17, 15) is 0 Å². The van der Waals surface area contributed by atoms with Gasteiger partial charge in [-0.25, -0.2) is 0 Å². The highest BCUT2D eigenvalue weighted by Gasteiger charge is 2.14. The van der Waals surface area contributed by atoms with Crippen LogP contribution in [0, 0.1) is 0 Å². The van der Waals surface area contributed by atoms with E-state index < -0.39 is 0 Å². The molecule has 0 heterocycles. The molecule has 30 heavy (non-hydrogen) atoms. The van der Waals surface area contributed by atoms with Crippen molar-refractivity contribution in [3.63, 3.8) is 0 Å². The molecule has 1 N–H and O–H groups in total. The number of nitrogens with one attached hydrogen (secondary N) is 1. The van der Waals surface area contributed by atoms with Crippen molar-refractivity contribution < 1.29 is 9.47 Å². The second kappa shape index (κ2) is 10.7. The Hall–Kier alpha value is -1.49. The van der Waals surface area contributed by atoms with Crippen LogP contribution in [0.3, 0.4) is 0 Å². The molecule has 0 amide bonds. The van der Waals surface area contributed by atoms with Crippen LogP contribution in [0.1, 0.15) is 18.1 Å². The van der Waals surface area contributed by atoms with Gasteiger partial charge >= 0.3 is 0 Å². The fourth-order valence-electron chi connectivity index (χ4n) is 2.78. The lowest BCUT2D eigenvalue weighted by molar-refractivity contribution is 0.269. The van der Waals surface area contributed by atoms with E-state index in [-0.39, 0.29) is 6.61 Å². The molecule has 0 bridgehead atoms. The first-order valence-electron chi connectivity index (χ1n) is 9.07. The first-order chi connectivity index (χ1) is 14.4. The second-order valence-corrected chi connectivity index (χ2v) is 8.50. The van der Waals surface area contributed by atoms with E-state index in [1.165, 1.54) is 0 Å². The SMILES string of the molecule is CCOc1cc(CNc2cc(Cl)cc(Cl)c2)cc(Cl)c1OCc1ccc(Cl)cc1Cl. The van der Waals surface area contributed by atoms with Gasteiger partial charge in [0.1, 0.15) is 6.61 Å². The summed E-state index contributed by atoms with van der Waals surface area (Å²) in [5, 5.41) is 5.92. The number of halogens is 5. The lowest BCUT2D eigenvalue weighted by atomic mass is 10.2. The van der Waals surface area contributed by atoms with Crippen LogP contribution in [0.25, 0.3) is 0 Å². The van der Waals surface area contributed by atoms with E-state index >= 15 is 0 Å². The van der Waals surface area contributed by atoms with Crippen LogP contribution in [0.2, 0.25) is 25.1 Å². The monoisotopic (exact) mass is 503 g/mol. The highest BCUT2D eigenvalue weighted by atomic mass is 35.5. The third-order valence-electron chi connectivity index (χ3n) is 4.12. The van der Waals surface area contributed by atoms with Crippen LogP contribution in [0.15, 0.2) is 48.5 Å². The summed E-state index contributed by atoms with van der Waals surface area (Å²) in [4.78, 5) is 0. The zero-order valence-corrected chi connectivity index (χ0v) is 19.7. The Bertz CT molecular complexity index is 1020. The predicted octanol–water partition coefficient (Wildman–Crippen LogP) is 8.54. The largest absolute Gasteiger partial charge is 0.490 e. The molecule has 0 aromatic heterocycles. The van der Waals surface area contributed by atoms with Crippen molar-refractivity contribution in [1.29, 1.82) is 0 Å². The van der Waals surface area contributed by atoms with Gasteiger partial charge in [0.05, 0.1) is 11.6 Å². The summed E-state index contributed by atoms with van der Waals surface area (Å²) >= 11 is 30.8. The summed E-state index contributed by atoms with van der Waals surface area (Å²) in [6.45, 7) is 3.09. The zero-order valence-electron chi connectivity index (χ0n) is 15.9. The predicted molar refractivity (Wildman–Crippen MR) is 127 cm³/mol. The van der Waals surface area contributed by atoms with Gasteiger partial charge in [-0.2, -0.15) is 0 Å². The van der Waals surface area contributed by atoms with Crippen LogP contribution < -0.4 is 14.8 Å². The van der Waals surface area contributed by atoms with Gasteiger partial charge in [0.15, 0.2) is 11.5 Å². The van der Waals surface area contributed by atoms with Crippen LogP contribution in [-0.2, 0) is 13.2 Å². The number of anilines is 1. The Morgan fingerprint density at radius 1 is 0.767 bits per heavy atom. The van der Waals surface area contributed by atoms with E-state index in [2.05, 4.69) is 5.32 Å². The molecule has 0 aliphatic heterocycles. The van der Waals surface area contributed by atoms with Gasteiger partial charge in [-0.05, 0) is 55.0 Å². The van der Waals surface area contributed by atoms with Crippen LogP contribution in [0.4, 0.5) is 5.69 Å². The van der Waals surface area contributed by atoms with Crippen molar-refractivity contribution in [3.8, 4) is 11.5 Å². The molecule has 0 aliphatic carbocycles. The molecule has 0 saturated heterocycles.